The quantitative estimate of drug-likeness (QED) is 0.553. The summed E-state index contributed by atoms with van der Waals surface area (Å²) in [6.45, 7) is 16.7. The van der Waals surface area contributed by atoms with Gasteiger partial charge in [0, 0.05) is 17.3 Å². The van der Waals surface area contributed by atoms with Crippen molar-refractivity contribution in [2.75, 3.05) is 7.11 Å². The van der Waals surface area contributed by atoms with E-state index in [1.54, 1.807) is 0 Å². The van der Waals surface area contributed by atoms with Crippen molar-refractivity contribution >= 4 is 12.4 Å². The highest BCUT2D eigenvalue weighted by Gasteiger charge is 2.26. The maximum Gasteiger partial charge on any atom is 0.292 e. The van der Waals surface area contributed by atoms with Gasteiger partial charge in [0.1, 0.15) is 0 Å². The lowest BCUT2D eigenvalue weighted by atomic mass is 9.95. The largest absolute Gasteiger partial charge is 0.471 e. The molecule has 1 saturated carbocycles. The van der Waals surface area contributed by atoms with Crippen molar-refractivity contribution in [1.29, 1.82) is 0 Å². The molecule has 2 rings (SSSR count). The number of hydrogen-bond acceptors (Lipinski definition) is 4. The van der Waals surface area contributed by atoms with E-state index in [1.165, 1.54) is 50.5 Å². The Morgan fingerprint density at radius 1 is 1.17 bits per heavy atom. The summed E-state index contributed by atoms with van der Waals surface area (Å²) in [4.78, 5) is 21.5. The molecule has 6 heteroatoms. The third-order valence-corrected chi connectivity index (χ3v) is 4.61. The number of rotatable bonds is 7. The molecule has 6 nitrogen and oxygen atoms in total. The lowest BCUT2D eigenvalue weighted by Gasteiger charge is -2.24. The number of hydrogen-bond donors (Lipinski definition) is 1. The van der Waals surface area contributed by atoms with E-state index in [0.29, 0.717) is 18.2 Å². The highest BCUT2D eigenvalue weighted by atomic mass is 16.5. The molecule has 1 amide bonds. The van der Waals surface area contributed by atoms with Crippen LogP contribution in [0.5, 0.6) is 0 Å². The Balaban J connectivity index is 0. The van der Waals surface area contributed by atoms with E-state index in [2.05, 4.69) is 28.6 Å². The second-order valence-electron chi connectivity index (χ2n) is 7.07. The van der Waals surface area contributed by atoms with Gasteiger partial charge in [0.2, 0.25) is 0 Å². The zero-order valence-electron chi connectivity index (χ0n) is 21.0. The Morgan fingerprint density at radius 2 is 1.70 bits per heavy atom. The normalized spacial score (nSPS) is 13.0. The zero-order valence-corrected chi connectivity index (χ0v) is 21.0. The van der Waals surface area contributed by atoms with Gasteiger partial charge in [0.05, 0.1) is 13.2 Å². The molecule has 1 aromatic heterocycles. The summed E-state index contributed by atoms with van der Waals surface area (Å²) in [5.41, 5.74) is 3.12. The molecule has 1 heterocycles. The van der Waals surface area contributed by atoms with Crippen LogP contribution in [0.4, 0.5) is 0 Å². The molecule has 0 radical (unpaired) electrons. The SMILES string of the molecule is CC.CC.CCCc1c(C(=O)NC(C)C)nn(C2CCCCC2)c1CC.COC=O. The molecule has 176 valence electrons. The van der Waals surface area contributed by atoms with E-state index >= 15 is 0 Å². The third kappa shape index (κ3) is 10.3. The van der Waals surface area contributed by atoms with Gasteiger partial charge < -0.3 is 10.1 Å². The van der Waals surface area contributed by atoms with Crippen LogP contribution >= 0.6 is 0 Å². The molecule has 1 fully saturated rings. The van der Waals surface area contributed by atoms with E-state index in [4.69, 9.17) is 9.89 Å². The molecule has 1 aliphatic rings. The van der Waals surface area contributed by atoms with Gasteiger partial charge in [-0.15, -0.1) is 0 Å². The Kier molecular flexibility index (Phi) is 19.4. The van der Waals surface area contributed by atoms with Crippen molar-refractivity contribution in [3.05, 3.63) is 17.0 Å². The Morgan fingerprint density at radius 3 is 2.10 bits per heavy atom. The Labute approximate surface area is 185 Å². The van der Waals surface area contributed by atoms with Gasteiger partial charge >= 0.3 is 0 Å². The number of carbonyl (C=O) groups excluding carboxylic acids is 2. The van der Waals surface area contributed by atoms with E-state index < -0.39 is 0 Å². The molecule has 1 aromatic rings. The first-order chi connectivity index (χ1) is 14.5. The van der Waals surface area contributed by atoms with E-state index in [0.717, 1.165) is 19.3 Å². The van der Waals surface area contributed by atoms with Gasteiger partial charge in [0.25, 0.3) is 12.4 Å². The first kappa shape index (κ1) is 30.3. The number of nitrogens with zero attached hydrogens (tertiary/aromatic N) is 2. The van der Waals surface area contributed by atoms with Gasteiger partial charge in [-0.3, -0.25) is 14.3 Å². The van der Waals surface area contributed by atoms with Crippen LogP contribution < -0.4 is 5.32 Å². The monoisotopic (exact) mass is 425 g/mol. The molecular weight excluding hydrogens is 378 g/mol. The Bertz CT molecular complexity index is 562. The summed E-state index contributed by atoms with van der Waals surface area (Å²) in [5.74, 6) is -0.0114. The predicted octanol–water partition coefficient (Wildman–Crippen LogP) is 5.88. The van der Waals surface area contributed by atoms with E-state index in [9.17, 15) is 4.79 Å². The topological polar surface area (TPSA) is 73.2 Å². The summed E-state index contributed by atoms with van der Waals surface area (Å²) >= 11 is 0. The second-order valence-corrected chi connectivity index (χ2v) is 7.07. The molecule has 0 bridgehead atoms. The highest BCUT2D eigenvalue weighted by molar-refractivity contribution is 5.94. The minimum atomic E-state index is -0.0114. The number of carbonyl (C=O) groups is 2. The number of amides is 1. The van der Waals surface area contributed by atoms with Crippen molar-refractivity contribution in [3.63, 3.8) is 0 Å². The van der Waals surface area contributed by atoms with Crippen LogP contribution in [0.1, 0.15) is 122 Å². The van der Waals surface area contributed by atoms with Crippen molar-refractivity contribution in [3.8, 4) is 0 Å². The van der Waals surface area contributed by atoms with Crippen molar-refractivity contribution in [1.82, 2.24) is 15.1 Å². The fourth-order valence-corrected chi connectivity index (χ4v) is 3.53. The molecule has 0 atom stereocenters. The molecule has 0 unspecified atom stereocenters. The van der Waals surface area contributed by atoms with Crippen molar-refractivity contribution < 1.29 is 14.3 Å². The number of methoxy groups -OCH3 is 1. The van der Waals surface area contributed by atoms with Gasteiger partial charge in [-0.05, 0) is 39.5 Å². The van der Waals surface area contributed by atoms with Crippen LogP contribution in [-0.2, 0) is 22.4 Å². The fourth-order valence-electron chi connectivity index (χ4n) is 3.53. The summed E-state index contributed by atoms with van der Waals surface area (Å²) in [7, 11) is 1.31. The van der Waals surface area contributed by atoms with Gasteiger partial charge in [0.15, 0.2) is 5.69 Å². The van der Waals surface area contributed by atoms with Crippen LogP contribution in [0.3, 0.4) is 0 Å². The molecule has 0 spiro atoms. The number of aromatic nitrogens is 2. The van der Waals surface area contributed by atoms with Crippen LogP contribution in [0.15, 0.2) is 0 Å². The van der Waals surface area contributed by atoms with E-state index in [-0.39, 0.29) is 11.9 Å². The molecule has 30 heavy (non-hydrogen) atoms. The molecule has 1 N–H and O–H groups in total. The van der Waals surface area contributed by atoms with Crippen LogP contribution in [0.25, 0.3) is 0 Å². The number of nitrogens with one attached hydrogen (secondary N) is 1. The van der Waals surface area contributed by atoms with Gasteiger partial charge in [-0.2, -0.15) is 5.10 Å². The Hall–Kier alpha value is -1.85. The first-order valence-electron chi connectivity index (χ1n) is 11.9. The van der Waals surface area contributed by atoms with Crippen molar-refractivity contribution in [2.24, 2.45) is 0 Å². The molecule has 0 aliphatic heterocycles. The lowest BCUT2D eigenvalue weighted by Crippen LogP contribution is -2.31. The lowest BCUT2D eigenvalue weighted by molar-refractivity contribution is -0.126. The van der Waals surface area contributed by atoms with Crippen LogP contribution in [-0.4, -0.2) is 35.3 Å². The van der Waals surface area contributed by atoms with Gasteiger partial charge in [-0.25, -0.2) is 0 Å². The summed E-state index contributed by atoms with van der Waals surface area (Å²) in [6.07, 6.45) is 9.24. The number of ether oxygens (including phenoxy) is 1. The molecule has 0 saturated heterocycles. The fraction of sp³-hybridized carbons (Fsp3) is 0.792. The summed E-state index contributed by atoms with van der Waals surface area (Å²) in [6, 6.07) is 0.631. The van der Waals surface area contributed by atoms with Gasteiger partial charge in [-0.1, -0.05) is 67.2 Å². The minimum absolute atomic E-state index is 0.0114. The minimum Gasteiger partial charge on any atom is -0.471 e. The average molecular weight is 426 g/mol. The van der Waals surface area contributed by atoms with Crippen LogP contribution in [0, 0.1) is 0 Å². The zero-order chi connectivity index (χ0) is 23.5. The van der Waals surface area contributed by atoms with Crippen molar-refractivity contribution in [2.45, 2.75) is 119 Å². The molecule has 0 aromatic carbocycles. The molecular formula is C24H47N3O3. The first-order valence-corrected chi connectivity index (χ1v) is 11.9. The maximum atomic E-state index is 12.5. The average Bonchev–Trinajstić information content (AvgIpc) is 3.15. The summed E-state index contributed by atoms with van der Waals surface area (Å²) < 4.78 is 6.05. The third-order valence-electron chi connectivity index (χ3n) is 4.61. The second kappa shape index (κ2) is 19.1. The smallest absolute Gasteiger partial charge is 0.292 e. The maximum absolute atomic E-state index is 12.5. The standard InChI is InChI=1S/C18H31N3O.C2H4O2.2C2H6/c1-5-10-15-16(6-2)21(14-11-8-7-9-12-14)20-17(15)18(22)19-13(3)4;1-4-2-3;2*1-2/h13-14H,5-12H2,1-4H3,(H,19,22);2H,1H3;2*1-2H3. The predicted molar refractivity (Wildman–Crippen MR) is 126 cm³/mol. The highest BCUT2D eigenvalue weighted by Crippen LogP contribution is 2.31. The van der Waals surface area contributed by atoms with E-state index in [1.807, 2.05) is 41.5 Å². The molecule has 1 aliphatic carbocycles. The summed E-state index contributed by atoms with van der Waals surface area (Å²) in [5, 5.41) is 7.79. The van der Waals surface area contributed by atoms with Crippen LogP contribution in [0.2, 0.25) is 0 Å².